The smallest absolute Gasteiger partial charge is 0.339 e. The second-order valence-electron chi connectivity index (χ2n) is 4.05. The second-order valence-corrected chi connectivity index (χ2v) is 4.46. The molecule has 1 aromatic heterocycles. The van der Waals surface area contributed by atoms with Crippen LogP contribution in [0.25, 0.3) is 11.1 Å². The Bertz CT molecular complexity index is 691. The number of hydrogen-bond donors (Lipinski definition) is 0. The van der Waals surface area contributed by atoms with Crippen LogP contribution in [0.1, 0.15) is 10.4 Å². The molecule has 4 nitrogen and oxygen atoms in total. The number of carbonyl (C=O) groups is 1. The van der Waals surface area contributed by atoms with Crippen LogP contribution in [0.4, 0.5) is 0 Å². The first-order valence-corrected chi connectivity index (χ1v) is 5.95. The molecule has 1 aromatic carbocycles. The lowest BCUT2D eigenvalue weighted by Crippen LogP contribution is -2.13. The van der Waals surface area contributed by atoms with Crippen molar-refractivity contribution in [1.29, 1.82) is 0 Å². The highest BCUT2D eigenvalue weighted by molar-refractivity contribution is 6.33. The molecule has 0 atom stereocenters. The summed E-state index contributed by atoms with van der Waals surface area (Å²) in [5.41, 5.74) is 1.91. The zero-order valence-electron chi connectivity index (χ0n) is 10.5. The zero-order valence-corrected chi connectivity index (χ0v) is 11.3. The first kappa shape index (κ1) is 13.4. The number of esters is 1. The first-order chi connectivity index (χ1) is 9.02. The van der Waals surface area contributed by atoms with E-state index in [0.29, 0.717) is 10.6 Å². The SMILES string of the molecule is COC(=O)c1ccc(-c2ccc(=O)n(C)c2)cc1Cl. The standard InChI is InChI=1S/C14H12ClNO3/c1-16-8-10(4-6-13(16)17)9-3-5-11(12(15)7-9)14(18)19-2/h3-8H,1-2H3. The molecule has 0 radical (unpaired) electrons. The number of pyridine rings is 1. The number of aromatic nitrogens is 1. The fraction of sp³-hybridized carbons (Fsp3) is 0.143. The van der Waals surface area contributed by atoms with Gasteiger partial charge in [0.2, 0.25) is 5.56 Å². The number of nitrogens with zero attached hydrogens (tertiary/aromatic N) is 1. The summed E-state index contributed by atoms with van der Waals surface area (Å²) >= 11 is 6.05. The molecule has 0 unspecified atom stereocenters. The van der Waals surface area contributed by atoms with Gasteiger partial charge in [-0.2, -0.15) is 0 Å². The quantitative estimate of drug-likeness (QED) is 0.793. The molecule has 0 saturated carbocycles. The number of halogens is 1. The van der Waals surface area contributed by atoms with E-state index in [0.717, 1.165) is 11.1 Å². The molecule has 0 fully saturated rings. The molecule has 0 bridgehead atoms. The highest BCUT2D eigenvalue weighted by Gasteiger charge is 2.11. The number of aryl methyl sites for hydroxylation is 1. The lowest BCUT2D eigenvalue weighted by molar-refractivity contribution is 0.0601. The van der Waals surface area contributed by atoms with E-state index < -0.39 is 5.97 Å². The summed E-state index contributed by atoms with van der Waals surface area (Å²) in [4.78, 5) is 22.8. The van der Waals surface area contributed by atoms with Gasteiger partial charge in [0.1, 0.15) is 0 Å². The Morgan fingerprint density at radius 1 is 1.21 bits per heavy atom. The van der Waals surface area contributed by atoms with E-state index in [4.69, 9.17) is 11.6 Å². The Balaban J connectivity index is 2.47. The van der Waals surface area contributed by atoms with Gasteiger partial charge in [-0.15, -0.1) is 0 Å². The topological polar surface area (TPSA) is 48.3 Å². The van der Waals surface area contributed by atoms with E-state index in [1.165, 1.54) is 17.7 Å². The summed E-state index contributed by atoms with van der Waals surface area (Å²) in [6.07, 6.45) is 1.71. The average molecular weight is 278 g/mol. The van der Waals surface area contributed by atoms with E-state index in [1.54, 1.807) is 37.5 Å². The van der Waals surface area contributed by atoms with Crippen molar-refractivity contribution in [1.82, 2.24) is 4.57 Å². The van der Waals surface area contributed by atoms with Crippen molar-refractivity contribution >= 4 is 17.6 Å². The van der Waals surface area contributed by atoms with Crippen molar-refractivity contribution in [2.75, 3.05) is 7.11 Å². The van der Waals surface area contributed by atoms with Gasteiger partial charge in [0.05, 0.1) is 17.7 Å². The Hall–Kier alpha value is -2.07. The summed E-state index contributed by atoms with van der Waals surface area (Å²) in [5.74, 6) is -0.475. The van der Waals surface area contributed by atoms with Crippen LogP contribution in [0.5, 0.6) is 0 Å². The molecule has 0 amide bonds. The Morgan fingerprint density at radius 2 is 1.89 bits per heavy atom. The molecule has 0 N–H and O–H groups in total. The Kier molecular flexibility index (Phi) is 3.71. The number of carbonyl (C=O) groups excluding carboxylic acids is 1. The molecular formula is C14H12ClNO3. The van der Waals surface area contributed by atoms with Crippen LogP contribution >= 0.6 is 11.6 Å². The van der Waals surface area contributed by atoms with E-state index in [9.17, 15) is 9.59 Å². The minimum atomic E-state index is -0.475. The van der Waals surface area contributed by atoms with Crippen LogP contribution in [0.2, 0.25) is 5.02 Å². The van der Waals surface area contributed by atoms with Gasteiger partial charge in [-0.1, -0.05) is 17.7 Å². The van der Waals surface area contributed by atoms with Crippen molar-refractivity contribution in [2.45, 2.75) is 0 Å². The number of rotatable bonds is 2. The van der Waals surface area contributed by atoms with E-state index in [2.05, 4.69) is 4.74 Å². The average Bonchev–Trinajstić information content (AvgIpc) is 2.41. The highest BCUT2D eigenvalue weighted by Crippen LogP contribution is 2.25. The predicted octanol–water partition coefficient (Wildman–Crippen LogP) is 2.49. The zero-order chi connectivity index (χ0) is 14.0. The number of benzene rings is 1. The van der Waals surface area contributed by atoms with E-state index in [-0.39, 0.29) is 5.56 Å². The van der Waals surface area contributed by atoms with Crippen LogP contribution in [0, 0.1) is 0 Å². The third-order valence-corrected chi connectivity index (χ3v) is 3.11. The van der Waals surface area contributed by atoms with Crippen LogP contribution in [0.15, 0.2) is 41.3 Å². The summed E-state index contributed by atoms with van der Waals surface area (Å²) in [7, 11) is 2.98. The van der Waals surface area contributed by atoms with Crippen molar-refractivity contribution in [3.05, 3.63) is 57.5 Å². The first-order valence-electron chi connectivity index (χ1n) is 5.58. The molecule has 5 heteroatoms. The molecule has 2 aromatic rings. The maximum absolute atomic E-state index is 11.4. The fourth-order valence-electron chi connectivity index (χ4n) is 1.73. The molecule has 0 spiro atoms. The minimum absolute atomic E-state index is 0.0824. The van der Waals surface area contributed by atoms with Gasteiger partial charge >= 0.3 is 5.97 Å². The van der Waals surface area contributed by atoms with Gasteiger partial charge in [-0.05, 0) is 29.3 Å². The summed E-state index contributed by atoms with van der Waals surface area (Å²) in [6.45, 7) is 0. The summed E-state index contributed by atoms with van der Waals surface area (Å²) in [5, 5.41) is 0.318. The molecular weight excluding hydrogens is 266 g/mol. The van der Waals surface area contributed by atoms with Crippen LogP contribution in [-0.4, -0.2) is 17.6 Å². The van der Waals surface area contributed by atoms with Crippen molar-refractivity contribution in [3.8, 4) is 11.1 Å². The van der Waals surface area contributed by atoms with E-state index in [1.807, 2.05) is 0 Å². The van der Waals surface area contributed by atoms with Crippen LogP contribution in [0.3, 0.4) is 0 Å². The number of methoxy groups -OCH3 is 1. The normalized spacial score (nSPS) is 10.3. The Morgan fingerprint density at radius 3 is 2.47 bits per heavy atom. The van der Waals surface area contributed by atoms with Crippen molar-refractivity contribution in [2.24, 2.45) is 7.05 Å². The molecule has 98 valence electrons. The van der Waals surface area contributed by atoms with E-state index >= 15 is 0 Å². The number of ether oxygens (including phenoxy) is 1. The lowest BCUT2D eigenvalue weighted by atomic mass is 10.1. The van der Waals surface area contributed by atoms with Crippen LogP contribution < -0.4 is 5.56 Å². The van der Waals surface area contributed by atoms with Gasteiger partial charge in [-0.25, -0.2) is 4.79 Å². The minimum Gasteiger partial charge on any atom is -0.465 e. The number of hydrogen-bond acceptors (Lipinski definition) is 3. The largest absolute Gasteiger partial charge is 0.465 e. The monoisotopic (exact) mass is 277 g/mol. The molecule has 0 aliphatic heterocycles. The molecule has 0 aliphatic rings. The lowest BCUT2D eigenvalue weighted by Gasteiger charge is -2.07. The molecule has 0 saturated heterocycles. The summed E-state index contributed by atoms with van der Waals surface area (Å²) in [6, 6.07) is 8.24. The molecule has 1 heterocycles. The van der Waals surface area contributed by atoms with Crippen molar-refractivity contribution < 1.29 is 9.53 Å². The van der Waals surface area contributed by atoms with Crippen LogP contribution in [-0.2, 0) is 11.8 Å². The van der Waals surface area contributed by atoms with Gasteiger partial charge in [0, 0.05) is 19.3 Å². The highest BCUT2D eigenvalue weighted by atomic mass is 35.5. The maximum atomic E-state index is 11.4. The summed E-state index contributed by atoms with van der Waals surface area (Å²) < 4.78 is 6.11. The fourth-order valence-corrected chi connectivity index (χ4v) is 1.99. The van der Waals surface area contributed by atoms with Crippen molar-refractivity contribution in [3.63, 3.8) is 0 Å². The molecule has 0 aliphatic carbocycles. The third-order valence-electron chi connectivity index (χ3n) is 2.79. The van der Waals surface area contributed by atoms with Gasteiger partial charge in [0.15, 0.2) is 0 Å². The van der Waals surface area contributed by atoms with Gasteiger partial charge in [0.25, 0.3) is 0 Å². The third kappa shape index (κ3) is 2.69. The molecule has 19 heavy (non-hydrogen) atoms. The predicted molar refractivity (Wildman–Crippen MR) is 73.5 cm³/mol. The molecule has 2 rings (SSSR count). The maximum Gasteiger partial charge on any atom is 0.339 e. The Labute approximate surface area is 115 Å². The van der Waals surface area contributed by atoms with Gasteiger partial charge < -0.3 is 9.30 Å². The van der Waals surface area contributed by atoms with Gasteiger partial charge in [-0.3, -0.25) is 4.79 Å². The second kappa shape index (κ2) is 5.28.